The van der Waals surface area contributed by atoms with E-state index >= 15 is 0 Å². The molecule has 0 aromatic carbocycles. The van der Waals surface area contributed by atoms with Gasteiger partial charge in [0.25, 0.3) is 0 Å². The van der Waals surface area contributed by atoms with Crippen LogP contribution in [0.4, 0.5) is 0 Å². The van der Waals surface area contributed by atoms with Gasteiger partial charge < -0.3 is 20.7 Å². The third-order valence-electron chi connectivity index (χ3n) is 4.46. The normalized spacial score (nSPS) is 12.5. The smallest absolute Gasteiger partial charge is 0.305 e. The van der Waals surface area contributed by atoms with Gasteiger partial charge in [-0.1, -0.05) is 84.0 Å². The topological polar surface area (TPSA) is 92.8 Å². The summed E-state index contributed by atoms with van der Waals surface area (Å²) < 4.78 is 5.03. The second-order valence-corrected chi connectivity index (χ2v) is 7.15. The van der Waals surface area contributed by atoms with Gasteiger partial charge in [0.2, 0.25) is 0 Å². The molecule has 1 unspecified atom stereocenters. The predicted octanol–water partition coefficient (Wildman–Crippen LogP) is 4.04. The van der Waals surface area contributed by atoms with Gasteiger partial charge in [0, 0.05) is 18.9 Å². The molecule has 0 spiro atoms. The Hall–Kier alpha value is -0.650. The Labute approximate surface area is 154 Å². The van der Waals surface area contributed by atoms with Crippen LogP contribution < -0.4 is 5.73 Å². The number of hydrogen-bond donors (Lipinski definition) is 3. The van der Waals surface area contributed by atoms with Gasteiger partial charge in [-0.05, 0) is 6.42 Å². The summed E-state index contributed by atoms with van der Waals surface area (Å²) >= 11 is 0. The summed E-state index contributed by atoms with van der Waals surface area (Å²) in [5, 5.41) is 17.5. The van der Waals surface area contributed by atoms with Crippen molar-refractivity contribution in [1.29, 1.82) is 0 Å². The lowest BCUT2D eigenvalue weighted by Gasteiger charge is -2.13. The molecule has 0 radical (unpaired) electrons. The molecule has 0 saturated carbocycles. The molecular formula is C20H41NO4. The van der Waals surface area contributed by atoms with E-state index in [-0.39, 0.29) is 19.0 Å². The highest BCUT2D eigenvalue weighted by molar-refractivity contribution is 5.69. The van der Waals surface area contributed by atoms with Crippen LogP contribution in [-0.2, 0) is 9.53 Å². The average Bonchev–Trinajstić information content (AvgIpc) is 2.56. The zero-order valence-electron chi connectivity index (χ0n) is 16.3. The van der Waals surface area contributed by atoms with Crippen LogP contribution in [0.25, 0.3) is 0 Å². The molecule has 0 aromatic rings. The number of carbonyl (C=O) groups excluding carboxylic acids is 1. The molecule has 0 heterocycles. The van der Waals surface area contributed by atoms with Crippen LogP contribution >= 0.6 is 0 Å². The third kappa shape index (κ3) is 19.5. The molecule has 0 aliphatic rings. The van der Waals surface area contributed by atoms with Gasteiger partial charge in [-0.25, -0.2) is 0 Å². The van der Waals surface area contributed by atoms with E-state index in [0.29, 0.717) is 6.42 Å². The minimum Gasteiger partial charge on any atom is -0.464 e. The number of hydrogen-bond acceptors (Lipinski definition) is 5. The number of carbonyl (C=O) groups is 1. The minimum absolute atomic E-state index is 0.0199. The number of esters is 1. The van der Waals surface area contributed by atoms with Crippen molar-refractivity contribution < 1.29 is 19.7 Å². The van der Waals surface area contributed by atoms with E-state index in [0.717, 1.165) is 12.8 Å². The Morgan fingerprint density at radius 3 is 1.72 bits per heavy atom. The first-order valence-electron chi connectivity index (χ1n) is 10.3. The zero-order chi connectivity index (χ0) is 18.8. The SMILES string of the molecule is CCCCCCCCCCCCCCCC(=O)OCC(N)CC(O)O. The molecule has 0 saturated heterocycles. The molecule has 0 fully saturated rings. The van der Waals surface area contributed by atoms with E-state index in [4.69, 9.17) is 20.7 Å². The highest BCUT2D eigenvalue weighted by Crippen LogP contribution is 2.13. The summed E-state index contributed by atoms with van der Waals surface area (Å²) in [4.78, 5) is 11.5. The quantitative estimate of drug-likeness (QED) is 0.195. The van der Waals surface area contributed by atoms with Crippen LogP contribution in [0.15, 0.2) is 0 Å². The minimum atomic E-state index is -1.45. The highest BCUT2D eigenvalue weighted by atomic mass is 16.5. The largest absolute Gasteiger partial charge is 0.464 e. The molecule has 0 amide bonds. The fraction of sp³-hybridized carbons (Fsp3) is 0.950. The molecule has 150 valence electrons. The summed E-state index contributed by atoms with van der Waals surface area (Å²) in [7, 11) is 0. The number of nitrogens with two attached hydrogens (primary N) is 1. The van der Waals surface area contributed by atoms with Crippen molar-refractivity contribution in [3.8, 4) is 0 Å². The summed E-state index contributed by atoms with van der Waals surface area (Å²) in [5.74, 6) is -0.244. The maximum Gasteiger partial charge on any atom is 0.305 e. The van der Waals surface area contributed by atoms with Crippen LogP contribution in [0, 0.1) is 0 Å². The van der Waals surface area contributed by atoms with Crippen LogP contribution in [-0.4, -0.2) is 35.1 Å². The second kappa shape index (κ2) is 18.2. The van der Waals surface area contributed by atoms with Crippen molar-refractivity contribution in [3.63, 3.8) is 0 Å². The van der Waals surface area contributed by atoms with Gasteiger partial charge in [0.15, 0.2) is 6.29 Å². The standard InChI is InChI=1S/C20H41NO4/c1-2-3-4-5-6-7-8-9-10-11-12-13-14-15-20(24)25-17-18(21)16-19(22)23/h18-19,22-23H,2-17,21H2,1H3. The van der Waals surface area contributed by atoms with Crippen molar-refractivity contribution in [2.24, 2.45) is 5.73 Å². The molecule has 0 aliphatic heterocycles. The van der Waals surface area contributed by atoms with E-state index in [9.17, 15) is 4.79 Å². The van der Waals surface area contributed by atoms with E-state index in [1.807, 2.05) is 0 Å². The zero-order valence-corrected chi connectivity index (χ0v) is 16.3. The van der Waals surface area contributed by atoms with Gasteiger partial charge >= 0.3 is 5.97 Å². The monoisotopic (exact) mass is 359 g/mol. The Bertz CT molecular complexity index is 297. The van der Waals surface area contributed by atoms with Crippen molar-refractivity contribution in [3.05, 3.63) is 0 Å². The van der Waals surface area contributed by atoms with Crippen molar-refractivity contribution in [2.45, 2.75) is 116 Å². The molecule has 5 heteroatoms. The second-order valence-electron chi connectivity index (χ2n) is 7.15. The summed E-state index contributed by atoms with van der Waals surface area (Å²) in [6, 6.07) is -0.518. The number of rotatable bonds is 18. The van der Waals surface area contributed by atoms with E-state index in [1.165, 1.54) is 70.6 Å². The summed E-state index contributed by atoms with van der Waals surface area (Å²) in [6.07, 6.45) is 15.6. The number of unbranched alkanes of at least 4 members (excludes halogenated alkanes) is 12. The maximum atomic E-state index is 11.5. The van der Waals surface area contributed by atoms with Gasteiger partial charge in [-0.3, -0.25) is 4.79 Å². The van der Waals surface area contributed by atoms with Gasteiger partial charge in [0.05, 0.1) is 0 Å². The van der Waals surface area contributed by atoms with Crippen molar-refractivity contribution in [1.82, 2.24) is 0 Å². The van der Waals surface area contributed by atoms with E-state index in [1.54, 1.807) is 0 Å². The van der Waals surface area contributed by atoms with Crippen LogP contribution in [0.1, 0.15) is 103 Å². The predicted molar refractivity (Wildman–Crippen MR) is 102 cm³/mol. The maximum absolute atomic E-state index is 11.5. The molecule has 0 aliphatic carbocycles. The fourth-order valence-corrected chi connectivity index (χ4v) is 2.90. The van der Waals surface area contributed by atoms with Crippen LogP contribution in [0.2, 0.25) is 0 Å². The number of aliphatic hydroxyl groups excluding tert-OH is 1. The van der Waals surface area contributed by atoms with Crippen LogP contribution in [0.5, 0.6) is 0 Å². The molecule has 25 heavy (non-hydrogen) atoms. The fourth-order valence-electron chi connectivity index (χ4n) is 2.90. The third-order valence-corrected chi connectivity index (χ3v) is 4.46. The lowest BCUT2D eigenvalue weighted by atomic mass is 10.0. The van der Waals surface area contributed by atoms with Gasteiger partial charge in [0.1, 0.15) is 6.61 Å². The van der Waals surface area contributed by atoms with E-state index in [2.05, 4.69) is 6.92 Å². The lowest BCUT2D eigenvalue weighted by Crippen LogP contribution is -2.31. The van der Waals surface area contributed by atoms with Crippen molar-refractivity contribution in [2.75, 3.05) is 6.61 Å². The van der Waals surface area contributed by atoms with Crippen molar-refractivity contribution >= 4 is 5.97 Å². The molecule has 0 bridgehead atoms. The first-order valence-corrected chi connectivity index (χ1v) is 10.3. The van der Waals surface area contributed by atoms with Crippen LogP contribution in [0.3, 0.4) is 0 Å². The Balaban J connectivity index is 3.23. The summed E-state index contributed by atoms with van der Waals surface area (Å²) in [6.45, 7) is 2.30. The van der Waals surface area contributed by atoms with Gasteiger partial charge in [-0.15, -0.1) is 0 Å². The Morgan fingerprint density at radius 2 is 1.28 bits per heavy atom. The number of aliphatic hydroxyl groups is 2. The molecule has 1 atom stereocenters. The summed E-state index contributed by atoms with van der Waals surface area (Å²) in [5.41, 5.74) is 5.60. The lowest BCUT2D eigenvalue weighted by molar-refractivity contribution is -0.145. The first kappa shape index (κ1) is 24.4. The van der Waals surface area contributed by atoms with E-state index < -0.39 is 12.3 Å². The number of ether oxygens (including phenoxy) is 1. The molecule has 5 nitrogen and oxygen atoms in total. The highest BCUT2D eigenvalue weighted by Gasteiger charge is 2.10. The molecule has 0 rings (SSSR count). The Kier molecular flexibility index (Phi) is 17.7. The first-order chi connectivity index (χ1) is 12.1. The molecular weight excluding hydrogens is 318 g/mol. The van der Waals surface area contributed by atoms with Gasteiger partial charge in [-0.2, -0.15) is 0 Å². The molecule has 0 aromatic heterocycles. The average molecular weight is 360 g/mol. The molecule has 4 N–H and O–H groups in total. The Morgan fingerprint density at radius 1 is 0.840 bits per heavy atom.